The highest BCUT2D eigenvalue weighted by molar-refractivity contribution is 7.69. The molecule has 0 aromatic rings. The van der Waals surface area contributed by atoms with Crippen molar-refractivity contribution in [2.45, 2.75) is 19.8 Å². The monoisotopic (exact) mass is 151 g/mol. The Morgan fingerprint density at radius 1 is 1.44 bits per heavy atom. The van der Waals surface area contributed by atoms with Gasteiger partial charge in [-0.1, -0.05) is 13.3 Å². The zero-order chi connectivity index (χ0) is 7.28. The molecule has 0 radical (unpaired) electrons. The Morgan fingerprint density at radius 3 is 2.33 bits per heavy atom. The summed E-state index contributed by atoms with van der Waals surface area (Å²) in [5.74, 6) is 0. The van der Waals surface area contributed by atoms with E-state index in [1.165, 1.54) is 4.31 Å². The Balaban J connectivity index is 3.38. The molecule has 0 bridgehead atoms. The van der Waals surface area contributed by atoms with Gasteiger partial charge in [-0.25, -0.2) is 12.7 Å². The minimum absolute atomic E-state index is 0.648. The lowest BCUT2D eigenvalue weighted by atomic mass is 10.3. The van der Waals surface area contributed by atoms with E-state index in [9.17, 15) is 8.42 Å². The normalized spacial score (nSPS) is 11.1. The first-order chi connectivity index (χ1) is 4.18. The van der Waals surface area contributed by atoms with Crippen molar-refractivity contribution in [2.24, 2.45) is 0 Å². The van der Waals surface area contributed by atoms with Gasteiger partial charge in [0.15, 0.2) is 0 Å². The van der Waals surface area contributed by atoms with Crippen molar-refractivity contribution in [3.63, 3.8) is 0 Å². The average Bonchev–Trinajstić information content (AvgIpc) is 1.82. The van der Waals surface area contributed by atoms with E-state index in [2.05, 4.69) is 0 Å². The fourth-order valence-electron chi connectivity index (χ4n) is 0.469. The SMILES string of the molecule is CCCCN(C)[SH](=O)=O. The Kier molecular flexibility index (Phi) is 4.71. The number of unbranched alkanes of at least 4 members (excludes halogenated alkanes) is 1. The highest BCUT2D eigenvalue weighted by Crippen LogP contribution is 1.89. The van der Waals surface area contributed by atoms with Gasteiger partial charge >= 0.3 is 0 Å². The first kappa shape index (κ1) is 8.91. The highest BCUT2D eigenvalue weighted by atomic mass is 32.2. The van der Waals surface area contributed by atoms with E-state index in [0.29, 0.717) is 6.54 Å². The van der Waals surface area contributed by atoms with E-state index in [-0.39, 0.29) is 0 Å². The quantitative estimate of drug-likeness (QED) is 0.585. The molecule has 0 atom stereocenters. The molecular weight excluding hydrogens is 138 g/mol. The van der Waals surface area contributed by atoms with Gasteiger partial charge in [-0.2, -0.15) is 0 Å². The molecular formula is C5H13NO2S. The fraction of sp³-hybridized carbons (Fsp3) is 1.00. The van der Waals surface area contributed by atoms with Crippen LogP contribution in [0.3, 0.4) is 0 Å². The molecule has 3 nitrogen and oxygen atoms in total. The standard InChI is InChI=1S/C5H13NO2S/c1-3-4-5-6(2)9(7)8/h9H,3-5H2,1-2H3. The van der Waals surface area contributed by atoms with Crippen LogP contribution in [0.4, 0.5) is 0 Å². The summed E-state index contributed by atoms with van der Waals surface area (Å²) in [5.41, 5.74) is 0. The van der Waals surface area contributed by atoms with Crippen molar-refractivity contribution in [1.82, 2.24) is 4.31 Å². The second-order valence-corrected chi connectivity index (χ2v) is 3.13. The number of nitrogens with zero attached hydrogens (tertiary/aromatic N) is 1. The van der Waals surface area contributed by atoms with Crippen LogP contribution >= 0.6 is 0 Å². The summed E-state index contributed by atoms with van der Waals surface area (Å²) < 4.78 is 21.7. The van der Waals surface area contributed by atoms with Crippen molar-refractivity contribution in [1.29, 1.82) is 0 Å². The molecule has 4 heteroatoms. The van der Waals surface area contributed by atoms with E-state index in [1.807, 2.05) is 6.92 Å². The topological polar surface area (TPSA) is 37.4 Å². The maximum atomic E-state index is 10.2. The van der Waals surface area contributed by atoms with Gasteiger partial charge in [0.1, 0.15) is 0 Å². The van der Waals surface area contributed by atoms with Gasteiger partial charge in [-0.15, -0.1) is 0 Å². The molecule has 0 aliphatic rings. The van der Waals surface area contributed by atoms with E-state index < -0.39 is 10.9 Å². The Morgan fingerprint density at radius 2 is 2.00 bits per heavy atom. The summed E-state index contributed by atoms with van der Waals surface area (Å²) in [4.78, 5) is 0. The molecule has 0 rings (SSSR count). The van der Waals surface area contributed by atoms with Gasteiger partial charge in [0.2, 0.25) is 10.9 Å². The van der Waals surface area contributed by atoms with Crippen molar-refractivity contribution in [3.05, 3.63) is 0 Å². The van der Waals surface area contributed by atoms with Crippen LogP contribution in [0.5, 0.6) is 0 Å². The summed E-state index contributed by atoms with van der Waals surface area (Å²) in [6.07, 6.45) is 1.98. The van der Waals surface area contributed by atoms with Gasteiger partial charge in [0.25, 0.3) is 0 Å². The summed E-state index contributed by atoms with van der Waals surface area (Å²) >= 11 is 0. The van der Waals surface area contributed by atoms with Crippen LogP contribution in [-0.4, -0.2) is 26.3 Å². The molecule has 0 aliphatic carbocycles. The second kappa shape index (κ2) is 4.76. The molecule has 9 heavy (non-hydrogen) atoms. The molecule has 0 heterocycles. The van der Waals surface area contributed by atoms with Crippen LogP contribution in [0.15, 0.2) is 0 Å². The van der Waals surface area contributed by atoms with Gasteiger partial charge in [0, 0.05) is 13.6 Å². The lowest BCUT2D eigenvalue weighted by Gasteiger charge is -2.05. The largest absolute Gasteiger partial charge is 0.215 e. The predicted octanol–water partition coefficient (Wildman–Crippen LogP) is 0.245. The Labute approximate surface area is 57.8 Å². The third-order valence-corrected chi connectivity index (χ3v) is 1.87. The van der Waals surface area contributed by atoms with Gasteiger partial charge < -0.3 is 0 Å². The summed E-state index contributed by atoms with van der Waals surface area (Å²) in [5, 5.41) is 0. The Hall–Kier alpha value is -0.0900. The molecule has 0 aliphatic heterocycles. The van der Waals surface area contributed by atoms with Crippen LogP contribution in [-0.2, 0) is 10.9 Å². The van der Waals surface area contributed by atoms with Gasteiger partial charge in [-0.05, 0) is 6.42 Å². The summed E-state index contributed by atoms with van der Waals surface area (Å²) in [6.45, 7) is 2.68. The fourth-order valence-corrected chi connectivity index (χ4v) is 0.773. The molecule has 56 valence electrons. The number of rotatable bonds is 4. The molecule has 0 unspecified atom stereocenters. The van der Waals surface area contributed by atoms with Crippen LogP contribution in [0.1, 0.15) is 19.8 Å². The number of hydrogen-bond acceptors (Lipinski definition) is 2. The highest BCUT2D eigenvalue weighted by Gasteiger charge is 1.95. The molecule has 0 amide bonds. The summed E-state index contributed by atoms with van der Waals surface area (Å²) in [7, 11) is -0.755. The van der Waals surface area contributed by atoms with Crippen LogP contribution < -0.4 is 0 Å². The van der Waals surface area contributed by atoms with Crippen molar-refractivity contribution in [3.8, 4) is 0 Å². The van der Waals surface area contributed by atoms with Crippen LogP contribution in [0, 0.1) is 0 Å². The average molecular weight is 151 g/mol. The molecule has 0 aromatic carbocycles. The minimum Gasteiger partial charge on any atom is -0.215 e. The lowest BCUT2D eigenvalue weighted by molar-refractivity contribution is 0.477. The molecule has 0 saturated carbocycles. The summed E-state index contributed by atoms with van der Waals surface area (Å²) in [6, 6.07) is 0. The van der Waals surface area contributed by atoms with Crippen molar-refractivity contribution >= 4 is 10.9 Å². The number of hydrogen-bond donors (Lipinski definition) is 1. The third-order valence-electron chi connectivity index (χ3n) is 1.11. The molecule has 0 fully saturated rings. The molecule has 0 N–H and O–H groups in total. The van der Waals surface area contributed by atoms with Gasteiger partial charge in [0.05, 0.1) is 0 Å². The van der Waals surface area contributed by atoms with Crippen LogP contribution in [0.25, 0.3) is 0 Å². The second-order valence-electron chi connectivity index (χ2n) is 1.97. The maximum Gasteiger partial charge on any atom is 0.203 e. The van der Waals surface area contributed by atoms with E-state index in [0.717, 1.165) is 12.8 Å². The first-order valence-corrected chi connectivity index (χ1v) is 4.17. The van der Waals surface area contributed by atoms with E-state index in [1.54, 1.807) is 7.05 Å². The molecule has 0 aromatic heterocycles. The van der Waals surface area contributed by atoms with Crippen molar-refractivity contribution in [2.75, 3.05) is 13.6 Å². The van der Waals surface area contributed by atoms with Crippen molar-refractivity contribution < 1.29 is 8.42 Å². The minimum atomic E-state index is -2.34. The molecule has 0 saturated heterocycles. The molecule has 0 spiro atoms. The number of thiol groups is 1. The zero-order valence-electron chi connectivity index (χ0n) is 5.83. The van der Waals surface area contributed by atoms with E-state index >= 15 is 0 Å². The lowest BCUT2D eigenvalue weighted by Crippen LogP contribution is -2.16. The Bertz CT molecular complexity index is 125. The van der Waals surface area contributed by atoms with Crippen LogP contribution in [0.2, 0.25) is 0 Å². The zero-order valence-corrected chi connectivity index (χ0v) is 6.73. The third kappa shape index (κ3) is 4.42. The van der Waals surface area contributed by atoms with E-state index in [4.69, 9.17) is 0 Å². The maximum absolute atomic E-state index is 10.2. The first-order valence-electron chi connectivity index (χ1n) is 3.04. The van der Waals surface area contributed by atoms with Gasteiger partial charge in [-0.3, -0.25) is 0 Å². The smallest absolute Gasteiger partial charge is 0.203 e. The predicted molar refractivity (Wildman–Crippen MR) is 37.9 cm³/mol.